The Labute approximate surface area is 146 Å². The van der Waals surface area contributed by atoms with Crippen molar-refractivity contribution in [3.63, 3.8) is 0 Å². The molecule has 25 heavy (non-hydrogen) atoms. The van der Waals surface area contributed by atoms with Crippen LogP contribution in [0.25, 0.3) is 22.5 Å². The maximum absolute atomic E-state index is 9.60. The highest BCUT2D eigenvalue weighted by molar-refractivity contribution is 5.83. The van der Waals surface area contributed by atoms with E-state index in [1.165, 1.54) is 0 Å². The second-order valence-electron chi connectivity index (χ2n) is 5.81. The lowest BCUT2D eigenvalue weighted by Gasteiger charge is -2.15. The topological polar surface area (TPSA) is 89.8 Å². The number of anilines is 1. The minimum absolute atomic E-state index is 0.216. The van der Waals surface area contributed by atoms with Gasteiger partial charge in [0, 0.05) is 18.2 Å². The van der Waals surface area contributed by atoms with Crippen molar-refractivity contribution in [2.24, 2.45) is 7.05 Å². The SMILES string of the molecule is COc1ccc(-c2nc(N)c(C#N)c(-c3cnc(C)n3C)c2C)cc1. The van der Waals surface area contributed by atoms with Gasteiger partial charge in [-0.3, -0.25) is 0 Å². The van der Waals surface area contributed by atoms with Crippen molar-refractivity contribution in [2.75, 3.05) is 12.8 Å². The number of imidazole rings is 1. The molecule has 0 aliphatic rings. The molecule has 0 radical (unpaired) electrons. The van der Waals surface area contributed by atoms with E-state index in [9.17, 15) is 5.26 Å². The molecule has 0 aliphatic carbocycles. The van der Waals surface area contributed by atoms with Gasteiger partial charge in [-0.05, 0) is 43.7 Å². The smallest absolute Gasteiger partial charge is 0.142 e. The van der Waals surface area contributed by atoms with Gasteiger partial charge in [0.2, 0.25) is 0 Å². The average Bonchev–Trinajstić information content (AvgIpc) is 2.95. The molecule has 3 rings (SSSR count). The van der Waals surface area contributed by atoms with Crippen molar-refractivity contribution >= 4 is 5.82 Å². The summed E-state index contributed by atoms with van der Waals surface area (Å²) in [6, 6.07) is 9.79. The fourth-order valence-corrected chi connectivity index (χ4v) is 2.89. The Morgan fingerprint density at radius 3 is 2.40 bits per heavy atom. The average molecular weight is 333 g/mol. The molecule has 0 atom stereocenters. The van der Waals surface area contributed by atoms with Crippen LogP contribution in [-0.2, 0) is 7.05 Å². The van der Waals surface area contributed by atoms with Crippen LogP contribution in [0.4, 0.5) is 5.82 Å². The number of hydrogen-bond donors (Lipinski definition) is 1. The predicted octanol–water partition coefficient (Wildman–Crippen LogP) is 3.23. The number of pyridine rings is 1. The number of nitrogen functional groups attached to an aromatic ring is 1. The lowest BCUT2D eigenvalue weighted by molar-refractivity contribution is 0.415. The molecule has 0 saturated carbocycles. The van der Waals surface area contributed by atoms with Gasteiger partial charge in [-0.25, -0.2) is 9.97 Å². The third-order valence-electron chi connectivity index (χ3n) is 4.42. The van der Waals surface area contributed by atoms with E-state index in [0.29, 0.717) is 5.56 Å². The quantitative estimate of drug-likeness (QED) is 0.795. The standard InChI is InChI=1S/C19H19N5O/c1-11-17(16-10-22-12(2)24(16)3)15(9-20)19(21)23-18(11)13-5-7-14(25-4)8-6-13/h5-8,10H,1-4H3,(H2,21,23). The number of benzene rings is 1. The van der Waals surface area contributed by atoms with Crippen LogP contribution in [0.3, 0.4) is 0 Å². The maximum Gasteiger partial charge on any atom is 0.142 e. The highest BCUT2D eigenvalue weighted by Gasteiger charge is 2.20. The number of nitrogens with zero attached hydrogens (tertiary/aromatic N) is 4. The fraction of sp³-hybridized carbons (Fsp3) is 0.211. The summed E-state index contributed by atoms with van der Waals surface area (Å²) in [6.45, 7) is 3.87. The minimum atomic E-state index is 0.216. The van der Waals surface area contributed by atoms with E-state index in [1.807, 2.05) is 49.7 Å². The van der Waals surface area contributed by atoms with Gasteiger partial charge in [-0.1, -0.05) is 0 Å². The van der Waals surface area contributed by atoms with Gasteiger partial charge in [0.25, 0.3) is 0 Å². The van der Waals surface area contributed by atoms with Crippen LogP contribution in [0.5, 0.6) is 5.75 Å². The number of aryl methyl sites for hydroxylation is 1. The first kappa shape index (κ1) is 16.5. The summed E-state index contributed by atoms with van der Waals surface area (Å²) < 4.78 is 7.15. The van der Waals surface area contributed by atoms with E-state index < -0.39 is 0 Å². The molecule has 3 aromatic rings. The van der Waals surface area contributed by atoms with E-state index in [1.54, 1.807) is 13.3 Å². The molecule has 6 heteroatoms. The maximum atomic E-state index is 9.60. The van der Waals surface area contributed by atoms with Gasteiger partial charge in [-0.2, -0.15) is 5.26 Å². The molecule has 0 unspecified atom stereocenters. The van der Waals surface area contributed by atoms with E-state index in [-0.39, 0.29) is 5.82 Å². The van der Waals surface area contributed by atoms with Gasteiger partial charge < -0.3 is 15.0 Å². The van der Waals surface area contributed by atoms with Gasteiger partial charge >= 0.3 is 0 Å². The number of rotatable bonds is 3. The molecule has 2 heterocycles. The molecule has 0 spiro atoms. The Morgan fingerprint density at radius 2 is 1.88 bits per heavy atom. The van der Waals surface area contributed by atoms with Gasteiger partial charge in [-0.15, -0.1) is 0 Å². The van der Waals surface area contributed by atoms with Crippen LogP contribution in [0, 0.1) is 25.2 Å². The summed E-state index contributed by atoms with van der Waals surface area (Å²) in [7, 11) is 3.54. The summed E-state index contributed by atoms with van der Waals surface area (Å²) >= 11 is 0. The monoisotopic (exact) mass is 333 g/mol. The first-order valence-corrected chi connectivity index (χ1v) is 7.81. The van der Waals surface area contributed by atoms with Crippen LogP contribution < -0.4 is 10.5 Å². The number of nitrogens with two attached hydrogens (primary N) is 1. The molecule has 126 valence electrons. The minimum Gasteiger partial charge on any atom is -0.497 e. The van der Waals surface area contributed by atoms with E-state index in [4.69, 9.17) is 10.5 Å². The van der Waals surface area contributed by atoms with Crippen molar-refractivity contribution in [1.29, 1.82) is 5.26 Å². The van der Waals surface area contributed by atoms with Crippen LogP contribution in [0.15, 0.2) is 30.5 Å². The van der Waals surface area contributed by atoms with Crippen LogP contribution >= 0.6 is 0 Å². The van der Waals surface area contributed by atoms with Crippen molar-refractivity contribution in [1.82, 2.24) is 14.5 Å². The molecule has 6 nitrogen and oxygen atoms in total. The second kappa shape index (κ2) is 6.29. The second-order valence-corrected chi connectivity index (χ2v) is 5.81. The Morgan fingerprint density at radius 1 is 1.20 bits per heavy atom. The van der Waals surface area contributed by atoms with E-state index in [2.05, 4.69) is 16.0 Å². The summed E-state index contributed by atoms with van der Waals surface area (Å²) in [6.07, 6.45) is 1.76. The first-order valence-electron chi connectivity index (χ1n) is 7.81. The third kappa shape index (κ3) is 2.70. The molecule has 0 amide bonds. The van der Waals surface area contributed by atoms with Crippen molar-refractivity contribution < 1.29 is 4.74 Å². The van der Waals surface area contributed by atoms with Crippen LogP contribution in [0.2, 0.25) is 0 Å². The zero-order valence-corrected chi connectivity index (χ0v) is 14.7. The fourth-order valence-electron chi connectivity index (χ4n) is 2.89. The summed E-state index contributed by atoms with van der Waals surface area (Å²) in [4.78, 5) is 8.82. The number of nitriles is 1. The molecule has 0 fully saturated rings. The number of methoxy groups -OCH3 is 1. The largest absolute Gasteiger partial charge is 0.497 e. The van der Waals surface area contributed by atoms with Gasteiger partial charge in [0.05, 0.1) is 24.7 Å². The Hall–Kier alpha value is -3.33. The highest BCUT2D eigenvalue weighted by Crippen LogP contribution is 2.36. The number of hydrogen-bond acceptors (Lipinski definition) is 5. The molecule has 0 bridgehead atoms. The normalized spacial score (nSPS) is 10.5. The summed E-state index contributed by atoms with van der Waals surface area (Å²) in [5.74, 6) is 1.85. The predicted molar refractivity (Wildman–Crippen MR) is 97.0 cm³/mol. The lowest BCUT2D eigenvalue weighted by atomic mass is 9.96. The molecule has 0 saturated heterocycles. The van der Waals surface area contributed by atoms with Crippen LogP contribution in [0.1, 0.15) is 17.0 Å². The molecular weight excluding hydrogens is 314 g/mol. The van der Waals surface area contributed by atoms with Crippen molar-refractivity contribution in [2.45, 2.75) is 13.8 Å². The zero-order valence-electron chi connectivity index (χ0n) is 14.7. The highest BCUT2D eigenvalue weighted by atomic mass is 16.5. The summed E-state index contributed by atoms with van der Waals surface area (Å²) in [5, 5.41) is 9.60. The number of ether oxygens (including phenoxy) is 1. The Bertz CT molecular complexity index is 981. The van der Waals surface area contributed by atoms with Gasteiger partial charge in [0.15, 0.2) is 0 Å². The van der Waals surface area contributed by atoms with Gasteiger partial charge in [0.1, 0.15) is 29.0 Å². The zero-order chi connectivity index (χ0) is 18.1. The first-order chi connectivity index (χ1) is 12.0. The van der Waals surface area contributed by atoms with Crippen molar-refractivity contribution in [3.8, 4) is 34.3 Å². The molecule has 0 aliphatic heterocycles. The van der Waals surface area contributed by atoms with Crippen molar-refractivity contribution in [3.05, 3.63) is 47.4 Å². The molecular formula is C19H19N5O. The van der Waals surface area contributed by atoms with E-state index in [0.717, 1.165) is 39.7 Å². The van der Waals surface area contributed by atoms with Crippen LogP contribution in [-0.4, -0.2) is 21.6 Å². The molecule has 1 aromatic carbocycles. The Balaban J connectivity index is 2.29. The Kier molecular flexibility index (Phi) is 4.15. The summed E-state index contributed by atoms with van der Waals surface area (Å²) in [5.41, 5.74) is 10.6. The lowest BCUT2D eigenvalue weighted by Crippen LogP contribution is -2.05. The molecule has 2 N–H and O–H groups in total. The molecule has 2 aromatic heterocycles. The third-order valence-corrected chi connectivity index (χ3v) is 4.42. The van der Waals surface area contributed by atoms with E-state index >= 15 is 0 Å². The number of aromatic nitrogens is 3.